The second kappa shape index (κ2) is 4.88. The highest BCUT2D eigenvalue weighted by molar-refractivity contribution is 5.46. The van der Waals surface area contributed by atoms with Gasteiger partial charge in [0.15, 0.2) is 0 Å². The normalized spacial score (nSPS) is 12.9. The first-order valence-electron chi connectivity index (χ1n) is 6.16. The van der Waals surface area contributed by atoms with Gasteiger partial charge in [0.25, 0.3) is 0 Å². The Labute approximate surface area is 110 Å². The monoisotopic (exact) mass is 261 g/mol. The first-order chi connectivity index (χ1) is 9.22. The van der Waals surface area contributed by atoms with Crippen molar-refractivity contribution in [3.63, 3.8) is 0 Å². The molecule has 0 radical (unpaired) electrons. The van der Waals surface area contributed by atoms with E-state index in [4.69, 9.17) is 4.74 Å². The van der Waals surface area contributed by atoms with Crippen LogP contribution < -0.4 is 10.1 Å². The van der Waals surface area contributed by atoms with Gasteiger partial charge in [-0.25, -0.2) is 8.78 Å². The number of ether oxygens (including phenoxy) is 1. The summed E-state index contributed by atoms with van der Waals surface area (Å²) in [4.78, 5) is 0. The van der Waals surface area contributed by atoms with Crippen LogP contribution in [-0.4, -0.2) is 6.61 Å². The smallest absolute Gasteiger partial charge is 0.146 e. The summed E-state index contributed by atoms with van der Waals surface area (Å²) in [6, 6.07) is 9.26. The zero-order chi connectivity index (χ0) is 13.2. The van der Waals surface area contributed by atoms with Crippen LogP contribution in [0.25, 0.3) is 0 Å². The Hall–Kier alpha value is -2.10. The molecule has 98 valence electrons. The summed E-state index contributed by atoms with van der Waals surface area (Å²) < 4.78 is 31.9. The minimum Gasteiger partial charge on any atom is -0.493 e. The topological polar surface area (TPSA) is 21.3 Å². The van der Waals surface area contributed by atoms with Gasteiger partial charge in [0.1, 0.15) is 17.4 Å². The van der Waals surface area contributed by atoms with E-state index in [1.54, 1.807) is 0 Å². The highest BCUT2D eigenvalue weighted by atomic mass is 19.1. The van der Waals surface area contributed by atoms with Gasteiger partial charge in [-0.15, -0.1) is 0 Å². The minimum absolute atomic E-state index is 0.178. The van der Waals surface area contributed by atoms with Gasteiger partial charge in [-0.1, -0.05) is 12.1 Å². The van der Waals surface area contributed by atoms with Gasteiger partial charge in [0.2, 0.25) is 0 Å². The summed E-state index contributed by atoms with van der Waals surface area (Å²) in [7, 11) is 0. The van der Waals surface area contributed by atoms with Crippen molar-refractivity contribution in [3.05, 3.63) is 59.2 Å². The molecule has 2 nitrogen and oxygen atoms in total. The second-order valence-electron chi connectivity index (χ2n) is 4.52. The molecule has 1 aliphatic rings. The van der Waals surface area contributed by atoms with E-state index in [-0.39, 0.29) is 5.69 Å². The Morgan fingerprint density at radius 1 is 1.11 bits per heavy atom. The molecule has 0 saturated carbocycles. The standard InChI is InChI=1S/C15H13F2NO/c16-12-2-3-13(17)14(8-12)18-9-10-1-4-15-11(7-10)5-6-19-15/h1-4,7-8,18H,5-6,9H2. The van der Waals surface area contributed by atoms with E-state index in [1.807, 2.05) is 18.2 Å². The molecule has 4 heteroatoms. The average molecular weight is 261 g/mol. The molecule has 2 aromatic carbocycles. The fraction of sp³-hybridized carbons (Fsp3) is 0.200. The fourth-order valence-electron chi connectivity index (χ4n) is 2.18. The second-order valence-corrected chi connectivity index (χ2v) is 4.52. The molecule has 1 aliphatic heterocycles. The third-order valence-electron chi connectivity index (χ3n) is 3.17. The van der Waals surface area contributed by atoms with Crippen molar-refractivity contribution in [2.24, 2.45) is 0 Å². The van der Waals surface area contributed by atoms with Gasteiger partial charge in [0, 0.05) is 13.0 Å². The number of rotatable bonds is 3. The third kappa shape index (κ3) is 2.52. The van der Waals surface area contributed by atoms with Crippen LogP contribution in [0.2, 0.25) is 0 Å². The molecular weight excluding hydrogens is 248 g/mol. The van der Waals surface area contributed by atoms with Gasteiger partial charge >= 0.3 is 0 Å². The van der Waals surface area contributed by atoms with E-state index in [1.165, 1.54) is 5.56 Å². The van der Waals surface area contributed by atoms with Crippen LogP contribution in [0.4, 0.5) is 14.5 Å². The molecule has 0 atom stereocenters. The number of hydrogen-bond acceptors (Lipinski definition) is 2. The van der Waals surface area contributed by atoms with Gasteiger partial charge in [-0.3, -0.25) is 0 Å². The van der Waals surface area contributed by atoms with E-state index in [0.29, 0.717) is 13.2 Å². The van der Waals surface area contributed by atoms with Crippen LogP contribution in [0.5, 0.6) is 5.75 Å². The molecule has 1 heterocycles. The summed E-state index contributed by atoms with van der Waals surface area (Å²) in [5.41, 5.74) is 2.36. The molecule has 0 spiro atoms. The Bertz CT molecular complexity index is 613. The Morgan fingerprint density at radius 3 is 2.89 bits per heavy atom. The Balaban J connectivity index is 1.74. The summed E-state index contributed by atoms with van der Waals surface area (Å²) >= 11 is 0. The van der Waals surface area contributed by atoms with Crippen molar-refractivity contribution in [1.82, 2.24) is 0 Å². The van der Waals surface area contributed by atoms with Crippen molar-refractivity contribution in [2.45, 2.75) is 13.0 Å². The Morgan fingerprint density at radius 2 is 2.00 bits per heavy atom. The molecule has 0 aromatic heterocycles. The van der Waals surface area contributed by atoms with Crippen molar-refractivity contribution in [1.29, 1.82) is 0 Å². The summed E-state index contributed by atoms with van der Waals surface area (Å²) in [6.07, 6.45) is 0.900. The number of halogens is 2. The maximum atomic E-state index is 13.4. The lowest BCUT2D eigenvalue weighted by Crippen LogP contribution is -2.02. The SMILES string of the molecule is Fc1ccc(F)c(NCc2ccc3c(c2)CCO3)c1. The molecule has 0 amide bonds. The minimum atomic E-state index is -0.453. The summed E-state index contributed by atoms with van der Waals surface area (Å²) in [5.74, 6) is 0.0119. The largest absolute Gasteiger partial charge is 0.493 e. The van der Waals surface area contributed by atoms with Gasteiger partial charge < -0.3 is 10.1 Å². The van der Waals surface area contributed by atoms with E-state index in [0.717, 1.165) is 35.9 Å². The van der Waals surface area contributed by atoms with Gasteiger partial charge in [-0.2, -0.15) is 0 Å². The highest BCUT2D eigenvalue weighted by Crippen LogP contribution is 2.26. The predicted octanol–water partition coefficient (Wildman–Crippen LogP) is 3.51. The van der Waals surface area contributed by atoms with Crippen molar-refractivity contribution in [3.8, 4) is 5.75 Å². The number of hydrogen-bond donors (Lipinski definition) is 1. The van der Waals surface area contributed by atoms with Crippen LogP contribution in [0.1, 0.15) is 11.1 Å². The molecule has 0 aliphatic carbocycles. The molecule has 0 unspecified atom stereocenters. The first-order valence-corrected chi connectivity index (χ1v) is 6.16. The molecule has 19 heavy (non-hydrogen) atoms. The summed E-state index contributed by atoms with van der Waals surface area (Å²) in [5, 5.41) is 2.91. The fourth-order valence-corrected chi connectivity index (χ4v) is 2.18. The number of fused-ring (bicyclic) bond motifs is 1. The molecule has 0 fully saturated rings. The third-order valence-corrected chi connectivity index (χ3v) is 3.17. The lowest BCUT2D eigenvalue weighted by molar-refractivity contribution is 0.357. The maximum Gasteiger partial charge on any atom is 0.146 e. The predicted molar refractivity (Wildman–Crippen MR) is 69.3 cm³/mol. The van der Waals surface area contributed by atoms with Gasteiger partial charge in [-0.05, 0) is 35.4 Å². The van der Waals surface area contributed by atoms with Crippen molar-refractivity contribution in [2.75, 3.05) is 11.9 Å². The van der Waals surface area contributed by atoms with Crippen molar-refractivity contribution < 1.29 is 13.5 Å². The molecule has 3 rings (SSSR count). The lowest BCUT2D eigenvalue weighted by Gasteiger charge is -2.09. The highest BCUT2D eigenvalue weighted by Gasteiger charge is 2.12. The molecule has 0 bridgehead atoms. The maximum absolute atomic E-state index is 13.4. The first kappa shape index (κ1) is 12.0. The van der Waals surface area contributed by atoms with E-state index >= 15 is 0 Å². The molecule has 2 aromatic rings. The Kier molecular flexibility index (Phi) is 3.07. The van der Waals surface area contributed by atoms with E-state index < -0.39 is 11.6 Å². The van der Waals surface area contributed by atoms with Gasteiger partial charge in [0.05, 0.1) is 12.3 Å². The van der Waals surface area contributed by atoms with Crippen molar-refractivity contribution >= 4 is 5.69 Å². The summed E-state index contributed by atoms with van der Waals surface area (Å²) in [6.45, 7) is 1.17. The quantitative estimate of drug-likeness (QED) is 0.912. The molecular formula is C15H13F2NO. The molecule has 1 N–H and O–H groups in total. The number of nitrogens with one attached hydrogen (secondary N) is 1. The van der Waals surface area contributed by atoms with E-state index in [9.17, 15) is 8.78 Å². The molecule has 0 saturated heterocycles. The lowest BCUT2D eigenvalue weighted by atomic mass is 10.1. The van der Waals surface area contributed by atoms with Crippen LogP contribution in [-0.2, 0) is 13.0 Å². The zero-order valence-electron chi connectivity index (χ0n) is 10.2. The zero-order valence-corrected chi connectivity index (χ0v) is 10.2. The number of anilines is 1. The van der Waals surface area contributed by atoms with Crippen LogP contribution in [0, 0.1) is 11.6 Å². The van der Waals surface area contributed by atoms with E-state index in [2.05, 4.69) is 5.32 Å². The van der Waals surface area contributed by atoms with Crippen LogP contribution >= 0.6 is 0 Å². The number of benzene rings is 2. The average Bonchev–Trinajstić information content (AvgIpc) is 2.87. The van der Waals surface area contributed by atoms with Crippen LogP contribution in [0.15, 0.2) is 36.4 Å². The van der Waals surface area contributed by atoms with Crippen LogP contribution in [0.3, 0.4) is 0 Å².